The quantitative estimate of drug-likeness (QED) is 0.312. The summed E-state index contributed by atoms with van der Waals surface area (Å²) < 4.78 is 81.9. The average Bonchev–Trinajstić information content (AvgIpc) is 3.49. The van der Waals surface area contributed by atoms with Crippen molar-refractivity contribution >= 4 is 21.6 Å². The molecule has 270 valence electrons. The van der Waals surface area contributed by atoms with E-state index in [0.29, 0.717) is 31.9 Å². The standard InChI is InChI=1S/C34H46F3N5O6S/c1-23-17-42(24(2)21-43)33(44)29-16-28(39-49(45,46)32-20-41(5)22-38-32)13-14-30(29)48-25(3)8-6-7-15-47-31(23)19-40(4)18-26-9-11-27(12-10-26)34(35,36)37/h9-14,16,20,22-25,31,39,43H,6-8,15,17-19,21H2,1-5H3/t23-,24-,25+,31+/m0/s1. The van der Waals surface area contributed by atoms with E-state index < -0.39 is 33.7 Å². The Bertz CT molecular complexity index is 1650. The summed E-state index contributed by atoms with van der Waals surface area (Å²) in [5.41, 5.74) is 0.291. The van der Waals surface area contributed by atoms with Crippen LogP contribution in [-0.4, -0.2) is 90.4 Å². The van der Waals surface area contributed by atoms with Crippen LogP contribution in [0.15, 0.2) is 60.0 Å². The van der Waals surface area contributed by atoms with Crippen molar-refractivity contribution in [2.75, 3.05) is 38.1 Å². The number of sulfonamides is 1. The van der Waals surface area contributed by atoms with Crippen LogP contribution >= 0.6 is 0 Å². The maximum absolute atomic E-state index is 14.3. The number of anilines is 1. The number of aliphatic hydroxyl groups excluding tert-OH is 1. The van der Waals surface area contributed by atoms with E-state index >= 15 is 0 Å². The topological polar surface area (TPSA) is 126 Å². The maximum Gasteiger partial charge on any atom is 0.416 e. The molecule has 0 bridgehead atoms. The van der Waals surface area contributed by atoms with Gasteiger partial charge in [0.1, 0.15) is 5.75 Å². The number of aromatic nitrogens is 2. The van der Waals surface area contributed by atoms with E-state index in [4.69, 9.17) is 9.47 Å². The number of amides is 1. The molecule has 2 N–H and O–H groups in total. The first-order chi connectivity index (χ1) is 23.1. The predicted octanol–water partition coefficient (Wildman–Crippen LogP) is 5.17. The summed E-state index contributed by atoms with van der Waals surface area (Å²) in [6.07, 6.45) is -0.0614. The second-order valence-corrected chi connectivity index (χ2v) is 14.5. The molecule has 15 heteroatoms. The van der Waals surface area contributed by atoms with Crippen LogP contribution in [0.5, 0.6) is 5.75 Å². The van der Waals surface area contributed by atoms with Crippen molar-refractivity contribution in [1.82, 2.24) is 19.4 Å². The van der Waals surface area contributed by atoms with Gasteiger partial charge in [-0.05, 0) is 76.1 Å². The van der Waals surface area contributed by atoms with Crippen LogP contribution in [-0.2, 0) is 34.5 Å². The smallest absolute Gasteiger partial charge is 0.416 e. The monoisotopic (exact) mass is 709 g/mol. The van der Waals surface area contributed by atoms with Crippen LogP contribution in [0.4, 0.5) is 18.9 Å². The summed E-state index contributed by atoms with van der Waals surface area (Å²) in [5, 5.41) is 10.0. The van der Waals surface area contributed by atoms with Crippen LogP contribution in [0, 0.1) is 5.92 Å². The fourth-order valence-electron chi connectivity index (χ4n) is 5.67. The molecule has 1 aliphatic heterocycles. The number of halogens is 3. The minimum atomic E-state index is -4.41. The van der Waals surface area contributed by atoms with E-state index in [1.165, 1.54) is 46.3 Å². The van der Waals surface area contributed by atoms with Crippen LogP contribution in [0.2, 0.25) is 0 Å². The predicted molar refractivity (Wildman–Crippen MR) is 179 cm³/mol. The summed E-state index contributed by atoms with van der Waals surface area (Å²) in [6.45, 7) is 6.73. The van der Waals surface area contributed by atoms with E-state index in [9.17, 15) is 31.5 Å². The SMILES string of the molecule is C[C@@H]1CCCCO[C@H](CN(C)Cc2ccc(C(F)(F)F)cc2)[C@@H](C)CN([C@@H](C)CO)C(=O)c2cc(NS(=O)(=O)c3cn(C)cn3)ccc2O1. The van der Waals surface area contributed by atoms with Gasteiger partial charge in [0.25, 0.3) is 15.9 Å². The Morgan fingerprint density at radius 2 is 1.86 bits per heavy atom. The van der Waals surface area contributed by atoms with Gasteiger partial charge in [-0.15, -0.1) is 0 Å². The van der Waals surface area contributed by atoms with Gasteiger partial charge in [0.15, 0.2) is 5.03 Å². The molecule has 49 heavy (non-hydrogen) atoms. The van der Waals surface area contributed by atoms with E-state index in [-0.39, 0.29) is 47.6 Å². The molecule has 0 saturated heterocycles. The number of aliphatic hydroxyl groups is 1. The highest BCUT2D eigenvalue weighted by Gasteiger charge is 2.32. The zero-order valence-corrected chi connectivity index (χ0v) is 29.3. The van der Waals surface area contributed by atoms with Crippen molar-refractivity contribution in [2.24, 2.45) is 13.0 Å². The lowest BCUT2D eigenvalue weighted by Gasteiger charge is -2.36. The number of aryl methyl sites for hydroxylation is 1. The Labute approximate surface area is 286 Å². The molecule has 0 saturated carbocycles. The number of rotatable bonds is 9. The number of carbonyl (C=O) groups excluding carboxylic acids is 1. The molecule has 0 unspecified atom stereocenters. The molecule has 1 aliphatic rings. The lowest BCUT2D eigenvalue weighted by atomic mass is 10.0. The Balaban J connectivity index is 1.60. The molecule has 0 spiro atoms. The van der Waals surface area contributed by atoms with Crippen LogP contribution in [0.3, 0.4) is 0 Å². The highest BCUT2D eigenvalue weighted by Crippen LogP contribution is 2.31. The third-order valence-electron chi connectivity index (χ3n) is 8.49. The Morgan fingerprint density at radius 1 is 1.14 bits per heavy atom. The molecule has 4 rings (SSSR count). The van der Waals surface area contributed by atoms with Crippen molar-refractivity contribution < 1.29 is 41.0 Å². The van der Waals surface area contributed by atoms with E-state index in [1.54, 1.807) is 20.0 Å². The van der Waals surface area contributed by atoms with Gasteiger partial charge in [0.2, 0.25) is 0 Å². The molecule has 0 aliphatic carbocycles. The molecule has 3 aromatic rings. The van der Waals surface area contributed by atoms with E-state index in [2.05, 4.69) is 9.71 Å². The first kappa shape index (κ1) is 38.1. The van der Waals surface area contributed by atoms with Crippen LogP contribution in [0.1, 0.15) is 61.5 Å². The molecule has 1 aromatic heterocycles. The third kappa shape index (κ3) is 10.4. The zero-order valence-electron chi connectivity index (χ0n) is 28.5. The lowest BCUT2D eigenvalue weighted by molar-refractivity contribution is -0.137. The molecular weight excluding hydrogens is 663 g/mol. The number of alkyl halides is 3. The number of ether oxygens (including phenoxy) is 2. The number of fused-ring (bicyclic) bond motifs is 1. The van der Waals surface area contributed by atoms with Crippen molar-refractivity contribution in [2.45, 2.75) is 76.0 Å². The highest BCUT2D eigenvalue weighted by molar-refractivity contribution is 7.92. The number of nitrogens with one attached hydrogen (secondary N) is 1. The van der Waals surface area contributed by atoms with Gasteiger partial charge in [0, 0.05) is 51.1 Å². The van der Waals surface area contributed by atoms with Crippen molar-refractivity contribution in [1.29, 1.82) is 0 Å². The van der Waals surface area contributed by atoms with Crippen molar-refractivity contribution in [3.05, 3.63) is 71.7 Å². The van der Waals surface area contributed by atoms with Crippen molar-refractivity contribution in [3.63, 3.8) is 0 Å². The number of benzene rings is 2. The van der Waals surface area contributed by atoms with Gasteiger partial charge in [-0.2, -0.15) is 21.6 Å². The zero-order chi connectivity index (χ0) is 35.9. The van der Waals surface area contributed by atoms with Crippen molar-refractivity contribution in [3.8, 4) is 5.75 Å². The molecule has 1 amide bonds. The third-order valence-corrected chi connectivity index (χ3v) is 9.75. The molecule has 11 nitrogen and oxygen atoms in total. The summed E-state index contributed by atoms with van der Waals surface area (Å²) in [4.78, 5) is 21.8. The second kappa shape index (κ2) is 16.4. The number of likely N-dealkylation sites (N-methyl/N-ethyl adjacent to an activating group) is 1. The number of carbonyl (C=O) groups is 1. The second-order valence-electron chi connectivity index (χ2n) is 12.9. The molecule has 2 heterocycles. The number of nitrogens with zero attached hydrogens (tertiary/aromatic N) is 4. The minimum Gasteiger partial charge on any atom is -0.490 e. The van der Waals surface area contributed by atoms with Crippen LogP contribution < -0.4 is 9.46 Å². The first-order valence-electron chi connectivity index (χ1n) is 16.3. The minimum absolute atomic E-state index is 0.134. The fraction of sp³-hybridized carbons (Fsp3) is 0.529. The summed E-state index contributed by atoms with van der Waals surface area (Å²) in [6, 6.07) is 9.00. The number of hydrogen-bond acceptors (Lipinski definition) is 8. The molecule has 0 fully saturated rings. The molecular formula is C34H46F3N5O6S. The summed E-state index contributed by atoms with van der Waals surface area (Å²) in [5.74, 6) is -0.393. The van der Waals surface area contributed by atoms with Gasteiger partial charge in [-0.3, -0.25) is 14.4 Å². The average molecular weight is 710 g/mol. The number of hydrogen-bond donors (Lipinski definition) is 2. The van der Waals surface area contributed by atoms with Gasteiger partial charge in [-0.1, -0.05) is 19.1 Å². The Morgan fingerprint density at radius 3 is 2.49 bits per heavy atom. The van der Waals surface area contributed by atoms with Gasteiger partial charge >= 0.3 is 6.18 Å². The maximum atomic E-state index is 14.3. The molecule has 2 aromatic carbocycles. The summed E-state index contributed by atoms with van der Waals surface area (Å²) >= 11 is 0. The fourth-order valence-corrected chi connectivity index (χ4v) is 6.70. The normalized spacial score (nSPS) is 20.7. The summed E-state index contributed by atoms with van der Waals surface area (Å²) in [7, 11) is -0.534. The van der Waals surface area contributed by atoms with E-state index in [1.807, 2.05) is 25.8 Å². The number of imidazole rings is 1. The molecule has 4 atom stereocenters. The van der Waals surface area contributed by atoms with E-state index in [0.717, 1.165) is 30.5 Å². The Hall–Kier alpha value is -3.66. The van der Waals surface area contributed by atoms with Gasteiger partial charge < -0.3 is 24.0 Å². The Kier molecular flexibility index (Phi) is 12.7. The lowest BCUT2D eigenvalue weighted by Crippen LogP contribution is -2.47. The van der Waals surface area contributed by atoms with Gasteiger partial charge in [0.05, 0.1) is 42.3 Å². The molecule has 0 radical (unpaired) electrons. The van der Waals surface area contributed by atoms with Gasteiger partial charge in [-0.25, -0.2) is 4.98 Å². The van der Waals surface area contributed by atoms with Crippen LogP contribution in [0.25, 0.3) is 0 Å². The largest absolute Gasteiger partial charge is 0.490 e. The first-order valence-corrected chi connectivity index (χ1v) is 17.7. The highest BCUT2D eigenvalue weighted by atomic mass is 32.2.